The molecule has 180 valence electrons. The van der Waals surface area contributed by atoms with E-state index < -0.39 is 41.5 Å². The Morgan fingerprint density at radius 2 is 2.03 bits per heavy atom. The monoisotopic (exact) mass is 479 g/mol. The lowest BCUT2D eigenvalue weighted by molar-refractivity contribution is -0.128. The maximum atomic E-state index is 13.2. The molecule has 0 aromatic carbocycles. The molecule has 0 radical (unpaired) electrons. The van der Waals surface area contributed by atoms with Crippen LogP contribution in [0.4, 0.5) is 0 Å². The van der Waals surface area contributed by atoms with Crippen LogP contribution in [0.5, 0.6) is 0 Å². The molecule has 3 fully saturated rings. The normalized spacial score (nSPS) is 33.6. The van der Waals surface area contributed by atoms with Crippen LogP contribution >= 0.6 is 23.4 Å². The fourth-order valence-corrected chi connectivity index (χ4v) is 5.53. The summed E-state index contributed by atoms with van der Waals surface area (Å²) in [5.74, 6) is -0.533. The summed E-state index contributed by atoms with van der Waals surface area (Å²) in [6, 6.07) is -0.0136. The first-order valence-corrected chi connectivity index (χ1v) is 13.1. The molecule has 9 unspecified atom stereocenters. The van der Waals surface area contributed by atoms with E-state index in [-0.39, 0.29) is 24.3 Å². The van der Waals surface area contributed by atoms with Gasteiger partial charge in [-0.25, -0.2) is 0 Å². The van der Waals surface area contributed by atoms with Crippen molar-refractivity contribution in [2.24, 2.45) is 11.8 Å². The Kier molecular flexibility index (Phi) is 9.73. The van der Waals surface area contributed by atoms with Gasteiger partial charge in [0.05, 0.1) is 35.7 Å². The Labute approximate surface area is 194 Å². The molecule has 9 atom stereocenters. The van der Waals surface area contributed by atoms with E-state index in [1.807, 2.05) is 0 Å². The van der Waals surface area contributed by atoms with Gasteiger partial charge >= 0.3 is 0 Å². The molecule has 6 N–H and O–H groups in total. The van der Waals surface area contributed by atoms with E-state index in [2.05, 4.69) is 16.0 Å². The molecule has 3 rings (SSSR count). The lowest BCUT2D eigenvalue weighted by Crippen LogP contribution is -2.56. The van der Waals surface area contributed by atoms with Crippen LogP contribution in [0.3, 0.4) is 0 Å². The number of halogens is 1. The van der Waals surface area contributed by atoms with Crippen molar-refractivity contribution in [3.05, 3.63) is 0 Å². The van der Waals surface area contributed by atoms with Gasteiger partial charge in [-0.05, 0) is 45.3 Å². The number of hydrogen-bond donors (Lipinski definition) is 6. The smallest absolute Gasteiger partial charge is 0.240 e. The Morgan fingerprint density at radius 3 is 2.65 bits per heavy atom. The summed E-state index contributed by atoms with van der Waals surface area (Å²) in [4.78, 5) is 13.2. The van der Waals surface area contributed by atoms with E-state index in [1.165, 1.54) is 24.6 Å². The van der Waals surface area contributed by atoms with Crippen LogP contribution < -0.4 is 16.0 Å². The lowest BCUT2D eigenvalue weighted by Gasteiger charge is -2.35. The second kappa shape index (κ2) is 11.8. The van der Waals surface area contributed by atoms with E-state index in [9.17, 15) is 20.1 Å². The zero-order valence-corrected chi connectivity index (χ0v) is 19.9. The standard InChI is InChI=1S/C21H38ClN3O5S/c1-11(22)18(15(16(27)10-26)8-17(28)31-2)25-21(29)19-20-12(9-23-19)7-14(5-6-30-20)24-13-3-4-13/h11-20,23-24,26-28H,3-10H2,1-2H3,(H,25,29). The molecule has 2 aliphatic heterocycles. The average Bonchev–Trinajstić information content (AvgIpc) is 3.51. The maximum absolute atomic E-state index is 13.2. The summed E-state index contributed by atoms with van der Waals surface area (Å²) < 4.78 is 6.12. The molecule has 0 aromatic rings. The van der Waals surface area contributed by atoms with Crippen LogP contribution in [0.25, 0.3) is 0 Å². The predicted molar refractivity (Wildman–Crippen MR) is 122 cm³/mol. The van der Waals surface area contributed by atoms with Gasteiger partial charge in [0.1, 0.15) is 6.04 Å². The number of nitrogens with one attached hydrogen (secondary N) is 3. The lowest BCUT2D eigenvalue weighted by atomic mass is 9.88. The molecule has 2 saturated heterocycles. The SMILES string of the molecule is CSC(O)CC(C(O)CO)C(NC(=O)C1NCC2CC(NC3CC3)CCOC21)C(C)Cl. The molecule has 1 aliphatic carbocycles. The fourth-order valence-electron chi connectivity index (χ4n) is 4.86. The third-order valence-electron chi connectivity index (χ3n) is 6.78. The molecule has 8 nitrogen and oxygen atoms in total. The van der Waals surface area contributed by atoms with Gasteiger partial charge in [0.25, 0.3) is 0 Å². The number of rotatable bonds is 11. The van der Waals surface area contributed by atoms with Gasteiger partial charge < -0.3 is 36.0 Å². The first kappa shape index (κ1) is 25.5. The number of amides is 1. The van der Waals surface area contributed by atoms with Crippen molar-refractivity contribution in [1.29, 1.82) is 0 Å². The number of thioether (sulfide) groups is 1. The highest BCUT2D eigenvalue weighted by molar-refractivity contribution is 7.99. The number of aliphatic hydroxyl groups excluding tert-OH is 3. The molecule has 0 spiro atoms. The predicted octanol–water partition coefficient (Wildman–Crippen LogP) is 0.0270. The van der Waals surface area contributed by atoms with Gasteiger partial charge in [-0.3, -0.25) is 4.79 Å². The average molecular weight is 480 g/mol. The minimum absolute atomic E-state index is 0.199. The largest absolute Gasteiger partial charge is 0.394 e. The summed E-state index contributed by atoms with van der Waals surface area (Å²) >= 11 is 7.65. The fraction of sp³-hybridized carbons (Fsp3) is 0.952. The van der Waals surface area contributed by atoms with E-state index in [4.69, 9.17) is 16.3 Å². The Balaban J connectivity index is 1.64. The van der Waals surface area contributed by atoms with Gasteiger partial charge in [-0.2, -0.15) is 0 Å². The van der Waals surface area contributed by atoms with Gasteiger partial charge in [-0.15, -0.1) is 23.4 Å². The molecular weight excluding hydrogens is 442 g/mol. The summed E-state index contributed by atoms with van der Waals surface area (Å²) in [6.07, 6.45) is 5.12. The molecule has 1 saturated carbocycles. The summed E-state index contributed by atoms with van der Waals surface area (Å²) in [7, 11) is 0. The number of hydrogen-bond acceptors (Lipinski definition) is 8. The second-order valence-corrected chi connectivity index (χ2v) is 10.9. The van der Waals surface area contributed by atoms with Crippen molar-refractivity contribution in [3.63, 3.8) is 0 Å². The third kappa shape index (κ3) is 6.93. The number of fused-ring (bicyclic) bond motifs is 1. The van der Waals surface area contributed by atoms with Gasteiger partial charge in [0.2, 0.25) is 5.91 Å². The first-order chi connectivity index (χ1) is 14.8. The molecule has 10 heteroatoms. The van der Waals surface area contributed by atoms with Crippen molar-refractivity contribution < 1.29 is 24.9 Å². The second-order valence-electron chi connectivity index (χ2n) is 9.20. The number of aliphatic hydroxyl groups is 3. The van der Waals surface area contributed by atoms with Crippen LogP contribution in [0.1, 0.15) is 39.0 Å². The Morgan fingerprint density at radius 1 is 1.29 bits per heavy atom. The molecule has 3 aliphatic rings. The van der Waals surface area contributed by atoms with Crippen LogP contribution in [0.2, 0.25) is 0 Å². The Hall–Kier alpha value is -0.130. The molecule has 0 bridgehead atoms. The van der Waals surface area contributed by atoms with Crippen LogP contribution in [0.15, 0.2) is 0 Å². The maximum Gasteiger partial charge on any atom is 0.240 e. The van der Waals surface area contributed by atoms with Crippen LogP contribution in [0, 0.1) is 11.8 Å². The van der Waals surface area contributed by atoms with Crippen molar-refractivity contribution in [2.45, 2.75) is 86.2 Å². The third-order valence-corrected chi connectivity index (χ3v) is 7.79. The molecule has 2 heterocycles. The topological polar surface area (TPSA) is 123 Å². The number of carbonyl (C=O) groups is 1. The van der Waals surface area contributed by atoms with Gasteiger partial charge in [-0.1, -0.05) is 0 Å². The van der Waals surface area contributed by atoms with Crippen LogP contribution in [-0.4, -0.2) is 94.4 Å². The minimum atomic E-state index is -1.10. The minimum Gasteiger partial charge on any atom is -0.394 e. The number of ether oxygens (including phenoxy) is 1. The molecular formula is C21H38ClN3O5S. The first-order valence-electron chi connectivity index (χ1n) is 11.4. The van der Waals surface area contributed by atoms with E-state index in [0.717, 1.165) is 19.4 Å². The van der Waals surface area contributed by atoms with Crippen molar-refractivity contribution in [2.75, 3.05) is 26.0 Å². The highest BCUT2D eigenvalue weighted by Gasteiger charge is 2.45. The van der Waals surface area contributed by atoms with Crippen LogP contribution in [-0.2, 0) is 9.53 Å². The zero-order valence-electron chi connectivity index (χ0n) is 18.4. The number of carbonyl (C=O) groups excluding carboxylic acids is 1. The van der Waals surface area contributed by atoms with Gasteiger partial charge in [0.15, 0.2) is 0 Å². The van der Waals surface area contributed by atoms with Crippen molar-refractivity contribution >= 4 is 29.3 Å². The van der Waals surface area contributed by atoms with E-state index in [1.54, 1.807) is 13.2 Å². The van der Waals surface area contributed by atoms with Crippen molar-refractivity contribution in [3.8, 4) is 0 Å². The molecule has 31 heavy (non-hydrogen) atoms. The summed E-state index contributed by atoms with van der Waals surface area (Å²) in [6.45, 7) is 2.63. The molecule has 0 aromatic heterocycles. The highest BCUT2D eigenvalue weighted by Crippen LogP contribution is 2.31. The van der Waals surface area contributed by atoms with Gasteiger partial charge in [0, 0.05) is 37.1 Å². The highest BCUT2D eigenvalue weighted by atomic mass is 35.5. The van der Waals surface area contributed by atoms with Crippen molar-refractivity contribution in [1.82, 2.24) is 16.0 Å². The summed E-state index contributed by atoms with van der Waals surface area (Å²) in [5, 5.41) is 39.5. The number of alkyl halides is 1. The summed E-state index contributed by atoms with van der Waals surface area (Å²) in [5.41, 5.74) is -0.726. The zero-order chi connectivity index (χ0) is 22.5. The quantitative estimate of drug-likeness (QED) is 0.181. The van der Waals surface area contributed by atoms with E-state index in [0.29, 0.717) is 18.7 Å². The van der Waals surface area contributed by atoms with E-state index >= 15 is 0 Å². The Bertz CT molecular complexity index is 585. The molecule has 1 amide bonds.